The first-order valence-corrected chi connectivity index (χ1v) is 9.81. The van der Waals surface area contributed by atoms with Gasteiger partial charge in [0.25, 0.3) is 0 Å². The Hall–Kier alpha value is -3.91. The lowest BCUT2D eigenvalue weighted by Gasteiger charge is -2.22. The van der Waals surface area contributed by atoms with E-state index in [1.807, 2.05) is 6.20 Å². The van der Waals surface area contributed by atoms with Crippen molar-refractivity contribution in [2.45, 2.75) is 0 Å². The van der Waals surface area contributed by atoms with Crippen LogP contribution in [0, 0.1) is 0 Å². The molecule has 1 aromatic heterocycles. The van der Waals surface area contributed by atoms with Crippen LogP contribution in [0.25, 0.3) is 54.3 Å². The summed E-state index contributed by atoms with van der Waals surface area (Å²) in [5, 5.41) is 9.59. The third-order valence-electron chi connectivity index (χ3n) is 6.06. The highest BCUT2D eigenvalue weighted by atomic mass is 16.5. The molecule has 0 fully saturated rings. The number of rotatable bonds is 0. The van der Waals surface area contributed by atoms with E-state index in [1.165, 1.54) is 37.7 Å². The number of benzene rings is 5. The average Bonchev–Trinajstić information content (AvgIpc) is 2.78. The molecule has 2 nitrogen and oxygen atoms in total. The molecule has 0 radical (unpaired) electrons. The van der Waals surface area contributed by atoms with E-state index in [1.54, 1.807) is 0 Å². The Bertz CT molecular complexity index is 1630. The summed E-state index contributed by atoms with van der Waals surface area (Å²) >= 11 is 0. The third kappa shape index (κ3) is 1.98. The summed E-state index contributed by atoms with van der Waals surface area (Å²) in [6.45, 7) is 0. The van der Waals surface area contributed by atoms with E-state index in [9.17, 15) is 0 Å². The fraction of sp³-hybridized carbons (Fsp3) is 0. The summed E-state index contributed by atoms with van der Waals surface area (Å²) in [5.74, 6) is 1.76. The van der Waals surface area contributed by atoms with Crippen LogP contribution < -0.4 is 4.74 Å². The van der Waals surface area contributed by atoms with E-state index in [0.717, 1.165) is 28.1 Å². The van der Waals surface area contributed by atoms with Gasteiger partial charge >= 0.3 is 0 Å². The van der Waals surface area contributed by atoms with Gasteiger partial charge in [-0.1, -0.05) is 60.7 Å². The first-order valence-electron chi connectivity index (χ1n) is 9.81. The van der Waals surface area contributed by atoms with Crippen molar-refractivity contribution in [3.05, 3.63) is 91.1 Å². The van der Waals surface area contributed by atoms with Gasteiger partial charge in [0.1, 0.15) is 11.5 Å². The van der Waals surface area contributed by atoms with Crippen molar-refractivity contribution < 1.29 is 4.74 Å². The Morgan fingerprint density at radius 1 is 0.552 bits per heavy atom. The van der Waals surface area contributed by atoms with E-state index in [4.69, 9.17) is 9.72 Å². The molecule has 0 amide bonds. The van der Waals surface area contributed by atoms with Gasteiger partial charge < -0.3 is 4.74 Å². The Kier molecular flexibility index (Phi) is 2.77. The minimum Gasteiger partial charge on any atom is -0.456 e. The van der Waals surface area contributed by atoms with Crippen LogP contribution in [0.3, 0.4) is 0 Å². The van der Waals surface area contributed by atoms with Crippen LogP contribution in [0.4, 0.5) is 0 Å². The maximum absolute atomic E-state index is 6.47. The SMILES string of the molecule is c1ccc2cc3c(cc2c1)Oc1cc2c4ccccc4ccc2c2ccnc-3c12. The molecule has 5 aromatic carbocycles. The summed E-state index contributed by atoms with van der Waals surface area (Å²) < 4.78 is 6.47. The zero-order valence-electron chi connectivity index (χ0n) is 15.5. The molecular weight excluding hydrogens is 354 g/mol. The van der Waals surface area contributed by atoms with Crippen molar-refractivity contribution >= 4 is 43.1 Å². The van der Waals surface area contributed by atoms with Gasteiger partial charge in [0.05, 0.1) is 11.1 Å². The van der Waals surface area contributed by atoms with Crippen LogP contribution >= 0.6 is 0 Å². The molecule has 2 heterocycles. The predicted octanol–water partition coefficient (Wildman–Crippen LogP) is 7.47. The highest BCUT2D eigenvalue weighted by Gasteiger charge is 2.23. The van der Waals surface area contributed by atoms with Gasteiger partial charge in [-0.3, -0.25) is 4.98 Å². The number of pyridine rings is 1. The summed E-state index contributed by atoms with van der Waals surface area (Å²) in [6.07, 6.45) is 1.92. The lowest BCUT2D eigenvalue weighted by molar-refractivity contribution is 0.488. The molecule has 6 aromatic rings. The molecule has 1 aliphatic heterocycles. The van der Waals surface area contributed by atoms with Gasteiger partial charge in [-0.25, -0.2) is 0 Å². The molecule has 0 spiro atoms. The normalized spacial score (nSPS) is 12.4. The largest absolute Gasteiger partial charge is 0.456 e. The van der Waals surface area contributed by atoms with Gasteiger partial charge in [-0.15, -0.1) is 0 Å². The van der Waals surface area contributed by atoms with Crippen molar-refractivity contribution in [3.63, 3.8) is 0 Å². The van der Waals surface area contributed by atoms with E-state index in [0.29, 0.717) is 0 Å². The van der Waals surface area contributed by atoms with Crippen LogP contribution in [0.5, 0.6) is 11.5 Å². The minimum absolute atomic E-state index is 0.871. The van der Waals surface area contributed by atoms with Crippen molar-refractivity contribution in [3.8, 4) is 22.8 Å². The second kappa shape index (κ2) is 5.33. The zero-order chi connectivity index (χ0) is 18.9. The van der Waals surface area contributed by atoms with Crippen LogP contribution in [0.15, 0.2) is 91.1 Å². The summed E-state index contributed by atoms with van der Waals surface area (Å²) in [7, 11) is 0. The van der Waals surface area contributed by atoms with Gasteiger partial charge in [-0.2, -0.15) is 0 Å². The Morgan fingerprint density at radius 2 is 1.34 bits per heavy atom. The zero-order valence-corrected chi connectivity index (χ0v) is 15.5. The monoisotopic (exact) mass is 369 g/mol. The fourth-order valence-electron chi connectivity index (χ4n) is 4.72. The van der Waals surface area contributed by atoms with Gasteiger partial charge in [-0.05, 0) is 62.0 Å². The lowest BCUT2D eigenvalue weighted by atomic mass is 9.92. The maximum Gasteiger partial charge on any atom is 0.138 e. The van der Waals surface area contributed by atoms with E-state index < -0.39 is 0 Å². The highest BCUT2D eigenvalue weighted by Crippen LogP contribution is 2.49. The van der Waals surface area contributed by atoms with Crippen LogP contribution in [-0.2, 0) is 0 Å². The molecule has 1 aliphatic rings. The Balaban J connectivity index is 1.66. The molecular formula is C27H15NO. The van der Waals surface area contributed by atoms with Crippen molar-refractivity contribution in [2.24, 2.45) is 0 Å². The van der Waals surface area contributed by atoms with Gasteiger partial charge in [0, 0.05) is 11.8 Å². The molecule has 134 valence electrons. The number of hydrogen-bond donors (Lipinski definition) is 0. The van der Waals surface area contributed by atoms with Crippen molar-refractivity contribution in [1.29, 1.82) is 0 Å². The molecule has 0 unspecified atom stereocenters. The summed E-state index contributed by atoms with van der Waals surface area (Å²) in [4.78, 5) is 4.77. The van der Waals surface area contributed by atoms with Crippen molar-refractivity contribution in [2.75, 3.05) is 0 Å². The second-order valence-electron chi connectivity index (χ2n) is 7.64. The average molecular weight is 369 g/mol. The summed E-state index contributed by atoms with van der Waals surface area (Å²) in [5.41, 5.74) is 2.06. The molecule has 0 atom stereocenters. The van der Waals surface area contributed by atoms with Gasteiger partial charge in [0.2, 0.25) is 0 Å². The number of fused-ring (bicyclic) bond motifs is 7. The fourth-order valence-corrected chi connectivity index (χ4v) is 4.72. The smallest absolute Gasteiger partial charge is 0.138 e. The Morgan fingerprint density at radius 3 is 2.24 bits per heavy atom. The molecule has 0 saturated heterocycles. The predicted molar refractivity (Wildman–Crippen MR) is 120 cm³/mol. The van der Waals surface area contributed by atoms with Crippen LogP contribution in [-0.4, -0.2) is 4.98 Å². The van der Waals surface area contributed by atoms with E-state index >= 15 is 0 Å². The summed E-state index contributed by atoms with van der Waals surface area (Å²) in [6, 6.07) is 29.9. The second-order valence-corrected chi connectivity index (χ2v) is 7.64. The molecule has 2 heteroatoms. The van der Waals surface area contributed by atoms with Crippen molar-refractivity contribution in [1.82, 2.24) is 4.98 Å². The minimum atomic E-state index is 0.871. The number of aromatic nitrogens is 1. The molecule has 0 saturated carbocycles. The standard InChI is InChI=1S/C27H15NO/c1-2-7-18-14-24-23(13-17(18)6-1)27-26-21(11-12-28-27)20-10-9-16-5-3-4-8-19(16)22(20)15-25(26)29-24/h1-15H. The quantitative estimate of drug-likeness (QED) is 0.259. The lowest BCUT2D eigenvalue weighted by Crippen LogP contribution is -1.99. The van der Waals surface area contributed by atoms with E-state index in [2.05, 4.69) is 84.9 Å². The first kappa shape index (κ1) is 15.1. The van der Waals surface area contributed by atoms with E-state index in [-0.39, 0.29) is 0 Å². The molecule has 0 aliphatic carbocycles. The Labute approximate surface area is 167 Å². The number of hydrogen-bond acceptors (Lipinski definition) is 2. The third-order valence-corrected chi connectivity index (χ3v) is 6.06. The number of ether oxygens (including phenoxy) is 1. The maximum atomic E-state index is 6.47. The molecule has 7 rings (SSSR count). The van der Waals surface area contributed by atoms with Crippen LogP contribution in [0.1, 0.15) is 0 Å². The van der Waals surface area contributed by atoms with Gasteiger partial charge in [0.15, 0.2) is 0 Å². The molecule has 29 heavy (non-hydrogen) atoms. The highest BCUT2D eigenvalue weighted by molar-refractivity contribution is 6.21. The molecule has 0 N–H and O–H groups in total. The van der Waals surface area contributed by atoms with Crippen LogP contribution in [0.2, 0.25) is 0 Å². The topological polar surface area (TPSA) is 22.1 Å². The first-order chi connectivity index (χ1) is 14.4. The molecule has 0 bridgehead atoms. The number of nitrogens with zero attached hydrogens (tertiary/aromatic N) is 1.